The second-order valence-corrected chi connectivity index (χ2v) is 3.30. The summed E-state index contributed by atoms with van der Waals surface area (Å²) in [6.07, 6.45) is 3.71. The van der Waals surface area contributed by atoms with Gasteiger partial charge in [-0.25, -0.2) is 4.79 Å². The predicted octanol–water partition coefficient (Wildman–Crippen LogP) is 2.57. The average molecular weight is 205 g/mol. The largest absolute Gasteiger partial charge is 0.446 e. The van der Waals surface area contributed by atoms with Gasteiger partial charge in [-0.15, -0.1) is 0 Å². The van der Waals surface area contributed by atoms with E-state index in [0.29, 0.717) is 6.42 Å². The maximum absolute atomic E-state index is 10.4. The van der Waals surface area contributed by atoms with Gasteiger partial charge in [-0.1, -0.05) is 42.5 Å². The highest BCUT2D eigenvalue weighted by Crippen LogP contribution is 2.04. The molecule has 0 aliphatic rings. The summed E-state index contributed by atoms with van der Waals surface area (Å²) >= 11 is 0. The molecule has 80 valence electrons. The highest BCUT2D eigenvalue weighted by atomic mass is 16.6. The normalized spacial score (nSPS) is 12.6. The minimum absolute atomic E-state index is 0.178. The Morgan fingerprint density at radius 2 is 2.13 bits per heavy atom. The SMILES string of the molecule is CC(CC=Cc1ccccc1)OC(N)=O. The van der Waals surface area contributed by atoms with Gasteiger partial charge in [0, 0.05) is 6.42 Å². The summed E-state index contributed by atoms with van der Waals surface area (Å²) in [5, 5.41) is 0. The van der Waals surface area contributed by atoms with Crippen LogP contribution in [-0.2, 0) is 4.74 Å². The first-order chi connectivity index (χ1) is 7.18. The van der Waals surface area contributed by atoms with Crippen molar-refractivity contribution in [2.24, 2.45) is 5.73 Å². The summed E-state index contributed by atoms with van der Waals surface area (Å²) in [7, 11) is 0. The Hall–Kier alpha value is -1.77. The van der Waals surface area contributed by atoms with Gasteiger partial charge in [0.1, 0.15) is 6.10 Å². The highest BCUT2D eigenvalue weighted by Gasteiger charge is 2.02. The number of hydrogen-bond acceptors (Lipinski definition) is 2. The van der Waals surface area contributed by atoms with E-state index in [1.54, 1.807) is 6.92 Å². The summed E-state index contributed by atoms with van der Waals surface area (Å²) in [5.74, 6) is 0. The fourth-order valence-electron chi connectivity index (χ4n) is 1.21. The van der Waals surface area contributed by atoms with Crippen molar-refractivity contribution in [3.8, 4) is 0 Å². The zero-order valence-corrected chi connectivity index (χ0v) is 8.72. The lowest BCUT2D eigenvalue weighted by Gasteiger charge is -2.07. The van der Waals surface area contributed by atoms with E-state index in [2.05, 4.69) is 0 Å². The maximum Gasteiger partial charge on any atom is 0.404 e. The third-order valence-corrected chi connectivity index (χ3v) is 1.90. The van der Waals surface area contributed by atoms with Crippen molar-refractivity contribution < 1.29 is 9.53 Å². The minimum Gasteiger partial charge on any atom is -0.446 e. The number of hydrogen-bond donors (Lipinski definition) is 1. The lowest BCUT2D eigenvalue weighted by Crippen LogP contribution is -2.19. The molecule has 1 amide bonds. The fourth-order valence-corrected chi connectivity index (χ4v) is 1.21. The molecule has 0 aromatic heterocycles. The number of carbonyl (C=O) groups is 1. The molecule has 0 spiro atoms. The standard InChI is InChI=1S/C12H15NO2/c1-10(15-12(13)14)6-5-9-11-7-3-2-4-8-11/h2-5,7-10H,6H2,1H3,(H2,13,14). The molecule has 15 heavy (non-hydrogen) atoms. The van der Waals surface area contributed by atoms with Crippen LogP contribution in [0.3, 0.4) is 0 Å². The minimum atomic E-state index is -0.726. The average Bonchev–Trinajstić information content (AvgIpc) is 2.18. The van der Waals surface area contributed by atoms with Crippen LogP contribution in [-0.4, -0.2) is 12.2 Å². The monoisotopic (exact) mass is 205 g/mol. The molecule has 3 nitrogen and oxygen atoms in total. The van der Waals surface area contributed by atoms with Crippen molar-refractivity contribution in [2.45, 2.75) is 19.4 Å². The van der Waals surface area contributed by atoms with Crippen LogP contribution >= 0.6 is 0 Å². The number of benzene rings is 1. The third-order valence-electron chi connectivity index (χ3n) is 1.90. The molecule has 1 rings (SSSR count). The molecule has 0 bridgehead atoms. The molecule has 1 atom stereocenters. The van der Waals surface area contributed by atoms with Crippen LogP contribution in [0.1, 0.15) is 18.9 Å². The van der Waals surface area contributed by atoms with Crippen molar-refractivity contribution in [3.63, 3.8) is 0 Å². The zero-order chi connectivity index (χ0) is 11.1. The Bertz CT molecular complexity index is 333. The summed E-state index contributed by atoms with van der Waals surface area (Å²) < 4.78 is 4.78. The Kier molecular flexibility index (Phi) is 4.41. The van der Waals surface area contributed by atoms with E-state index in [0.717, 1.165) is 5.56 Å². The molecule has 3 heteroatoms. The zero-order valence-electron chi connectivity index (χ0n) is 8.72. The Balaban J connectivity index is 2.37. The number of carbonyl (C=O) groups excluding carboxylic acids is 1. The van der Waals surface area contributed by atoms with E-state index in [1.807, 2.05) is 42.5 Å². The van der Waals surface area contributed by atoms with Crippen molar-refractivity contribution in [1.29, 1.82) is 0 Å². The molecule has 2 N–H and O–H groups in total. The van der Waals surface area contributed by atoms with E-state index in [9.17, 15) is 4.79 Å². The third kappa shape index (κ3) is 4.86. The molecule has 0 aliphatic carbocycles. The quantitative estimate of drug-likeness (QED) is 0.821. The molecule has 0 radical (unpaired) electrons. The van der Waals surface area contributed by atoms with E-state index in [-0.39, 0.29) is 6.10 Å². The Labute approximate surface area is 89.5 Å². The Morgan fingerprint density at radius 3 is 2.73 bits per heavy atom. The van der Waals surface area contributed by atoms with Gasteiger partial charge in [0.05, 0.1) is 0 Å². The van der Waals surface area contributed by atoms with Gasteiger partial charge in [0.25, 0.3) is 0 Å². The summed E-state index contributed by atoms with van der Waals surface area (Å²) in [4.78, 5) is 10.4. The molecule has 0 fully saturated rings. The first kappa shape index (κ1) is 11.3. The molecular formula is C12H15NO2. The molecular weight excluding hydrogens is 190 g/mol. The smallest absolute Gasteiger partial charge is 0.404 e. The number of ether oxygens (including phenoxy) is 1. The van der Waals surface area contributed by atoms with E-state index >= 15 is 0 Å². The molecule has 0 heterocycles. The van der Waals surface area contributed by atoms with Gasteiger partial charge in [-0.3, -0.25) is 0 Å². The predicted molar refractivity (Wildman–Crippen MR) is 60.2 cm³/mol. The molecule has 1 aromatic rings. The topological polar surface area (TPSA) is 52.3 Å². The number of nitrogens with two attached hydrogens (primary N) is 1. The van der Waals surface area contributed by atoms with Crippen LogP contribution in [0.15, 0.2) is 36.4 Å². The van der Waals surface area contributed by atoms with Gasteiger partial charge in [0.2, 0.25) is 0 Å². The number of rotatable bonds is 4. The van der Waals surface area contributed by atoms with Crippen LogP contribution in [0, 0.1) is 0 Å². The van der Waals surface area contributed by atoms with Crippen molar-refractivity contribution in [1.82, 2.24) is 0 Å². The lowest BCUT2D eigenvalue weighted by atomic mass is 10.2. The molecule has 0 aliphatic heterocycles. The molecule has 1 aromatic carbocycles. The van der Waals surface area contributed by atoms with Crippen molar-refractivity contribution in [3.05, 3.63) is 42.0 Å². The van der Waals surface area contributed by atoms with Crippen LogP contribution in [0.25, 0.3) is 6.08 Å². The van der Waals surface area contributed by atoms with E-state index in [1.165, 1.54) is 0 Å². The summed E-state index contributed by atoms with van der Waals surface area (Å²) in [6.45, 7) is 1.81. The van der Waals surface area contributed by atoms with Gasteiger partial charge < -0.3 is 10.5 Å². The summed E-state index contributed by atoms with van der Waals surface area (Å²) in [6, 6.07) is 9.94. The van der Waals surface area contributed by atoms with Crippen molar-refractivity contribution in [2.75, 3.05) is 0 Å². The fraction of sp³-hybridized carbons (Fsp3) is 0.250. The van der Waals surface area contributed by atoms with Crippen molar-refractivity contribution >= 4 is 12.2 Å². The Morgan fingerprint density at radius 1 is 1.47 bits per heavy atom. The van der Waals surface area contributed by atoms with Crippen LogP contribution < -0.4 is 5.73 Å². The van der Waals surface area contributed by atoms with Crippen LogP contribution in [0.2, 0.25) is 0 Å². The van der Waals surface area contributed by atoms with Gasteiger partial charge in [-0.2, -0.15) is 0 Å². The van der Waals surface area contributed by atoms with Crippen LogP contribution in [0.4, 0.5) is 4.79 Å². The highest BCUT2D eigenvalue weighted by molar-refractivity contribution is 5.64. The second-order valence-electron chi connectivity index (χ2n) is 3.30. The van der Waals surface area contributed by atoms with E-state index < -0.39 is 6.09 Å². The molecule has 0 saturated heterocycles. The first-order valence-electron chi connectivity index (χ1n) is 4.86. The van der Waals surface area contributed by atoms with Gasteiger partial charge in [0.15, 0.2) is 0 Å². The summed E-state index contributed by atoms with van der Waals surface area (Å²) in [5.41, 5.74) is 6.02. The van der Waals surface area contributed by atoms with Gasteiger partial charge >= 0.3 is 6.09 Å². The maximum atomic E-state index is 10.4. The first-order valence-corrected chi connectivity index (χ1v) is 4.86. The number of primary amides is 1. The second kappa shape index (κ2) is 5.86. The van der Waals surface area contributed by atoms with E-state index in [4.69, 9.17) is 10.5 Å². The molecule has 0 saturated carbocycles. The van der Waals surface area contributed by atoms with Crippen LogP contribution in [0.5, 0.6) is 0 Å². The number of amides is 1. The lowest BCUT2D eigenvalue weighted by molar-refractivity contribution is 0.118. The molecule has 1 unspecified atom stereocenters. The van der Waals surface area contributed by atoms with Gasteiger partial charge in [-0.05, 0) is 12.5 Å².